The van der Waals surface area contributed by atoms with Gasteiger partial charge < -0.3 is 9.80 Å². The van der Waals surface area contributed by atoms with Crippen molar-refractivity contribution >= 4 is 35.0 Å². The lowest BCUT2D eigenvalue weighted by Crippen LogP contribution is -2.51. The third-order valence-corrected chi connectivity index (χ3v) is 5.85. The van der Waals surface area contributed by atoms with E-state index >= 15 is 0 Å². The number of amides is 2. The molecular weight excluding hydrogens is 409 g/mol. The molecule has 0 bridgehead atoms. The van der Waals surface area contributed by atoms with Gasteiger partial charge in [-0.1, -0.05) is 59.6 Å². The minimum atomic E-state index is -0.126. The standard InChI is InChI=1S/C22H25Cl2N3O2/c1-25(21(28)14-18-7-8-19(23)20(24)13-18)16-22(29)27-11-9-26(10-12-27)15-17-5-3-2-4-6-17/h2-8,13H,9-12,14-16H2,1H3. The lowest BCUT2D eigenvalue weighted by Gasteiger charge is -2.35. The fourth-order valence-electron chi connectivity index (χ4n) is 3.35. The predicted octanol–water partition coefficient (Wildman–Crippen LogP) is 3.34. The highest BCUT2D eigenvalue weighted by Crippen LogP contribution is 2.23. The van der Waals surface area contributed by atoms with E-state index in [9.17, 15) is 9.59 Å². The molecule has 1 aliphatic heterocycles. The van der Waals surface area contributed by atoms with Crippen molar-refractivity contribution in [2.24, 2.45) is 0 Å². The Morgan fingerprint density at radius 2 is 1.62 bits per heavy atom. The van der Waals surface area contributed by atoms with Gasteiger partial charge in [0.25, 0.3) is 0 Å². The van der Waals surface area contributed by atoms with E-state index in [4.69, 9.17) is 23.2 Å². The molecule has 2 amide bonds. The van der Waals surface area contributed by atoms with E-state index in [1.807, 2.05) is 23.1 Å². The molecule has 154 valence electrons. The Morgan fingerprint density at radius 1 is 0.931 bits per heavy atom. The first-order valence-electron chi connectivity index (χ1n) is 9.64. The van der Waals surface area contributed by atoms with Gasteiger partial charge in [-0.3, -0.25) is 14.5 Å². The predicted molar refractivity (Wildman–Crippen MR) is 116 cm³/mol. The Balaban J connectivity index is 1.44. The van der Waals surface area contributed by atoms with Gasteiger partial charge in [-0.25, -0.2) is 0 Å². The number of hydrogen-bond donors (Lipinski definition) is 0. The summed E-state index contributed by atoms with van der Waals surface area (Å²) in [4.78, 5) is 30.7. The van der Waals surface area contributed by atoms with Crippen LogP contribution >= 0.6 is 23.2 Å². The number of rotatable bonds is 6. The number of piperazine rings is 1. The molecule has 0 saturated carbocycles. The molecule has 1 saturated heterocycles. The van der Waals surface area contributed by atoms with Crippen molar-refractivity contribution in [2.45, 2.75) is 13.0 Å². The normalized spacial score (nSPS) is 14.7. The minimum absolute atomic E-state index is 0.0191. The lowest BCUT2D eigenvalue weighted by molar-refractivity contribution is -0.140. The molecule has 1 heterocycles. The first kappa shape index (κ1) is 21.6. The van der Waals surface area contributed by atoms with E-state index in [1.54, 1.807) is 25.2 Å². The summed E-state index contributed by atoms with van der Waals surface area (Å²) in [5.41, 5.74) is 2.05. The van der Waals surface area contributed by atoms with Gasteiger partial charge in [0, 0.05) is 39.8 Å². The second-order valence-electron chi connectivity index (χ2n) is 7.32. The first-order valence-corrected chi connectivity index (χ1v) is 10.4. The van der Waals surface area contributed by atoms with Crippen molar-refractivity contribution < 1.29 is 9.59 Å². The van der Waals surface area contributed by atoms with Crippen LogP contribution in [0.5, 0.6) is 0 Å². The van der Waals surface area contributed by atoms with Gasteiger partial charge in [0.1, 0.15) is 0 Å². The van der Waals surface area contributed by atoms with Crippen LogP contribution in [0.3, 0.4) is 0 Å². The fourth-order valence-corrected chi connectivity index (χ4v) is 3.67. The van der Waals surface area contributed by atoms with Gasteiger partial charge in [-0.15, -0.1) is 0 Å². The maximum absolute atomic E-state index is 12.6. The summed E-state index contributed by atoms with van der Waals surface area (Å²) >= 11 is 11.9. The Labute approximate surface area is 181 Å². The molecule has 7 heteroatoms. The maximum Gasteiger partial charge on any atom is 0.242 e. The maximum atomic E-state index is 12.6. The van der Waals surface area contributed by atoms with Gasteiger partial charge >= 0.3 is 0 Å². The highest BCUT2D eigenvalue weighted by Gasteiger charge is 2.23. The van der Waals surface area contributed by atoms with Crippen LogP contribution in [0.4, 0.5) is 0 Å². The average Bonchev–Trinajstić information content (AvgIpc) is 2.72. The highest BCUT2D eigenvalue weighted by molar-refractivity contribution is 6.42. The second kappa shape index (κ2) is 10.1. The molecular formula is C22H25Cl2N3O2. The van der Waals surface area contributed by atoms with Crippen molar-refractivity contribution in [2.75, 3.05) is 39.8 Å². The topological polar surface area (TPSA) is 43.9 Å². The summed E-state index contributed by atoms with van der Waals surface area (Å²) in [6, 6.07) is 15.5. The molecule has 0 aromatic heterocycles. The Hall–Kier alpha value is -2.08. The summed E-state index contributed by atoms with van der Waals surface area (Å²) in [7, 11) is 1.66. The third-order valence-electron chi connectivity index (χ3n) is 5.11. The van der Waals surface area contributed by atoms with Crippen molar-refractivity contribution in [1.29, 1.82) is 0 Å². The fraction of sp³-hybridized carbons (Fsp3) is 0.364. The van der Waals surface area contributed by atoms with E-state index in [2.05, 4.69) is 17.0 Å². The molecule has 0 N–H and O–H groups in total. The molecule has 1 aliphatic rings. The monoisotopic (exact) mass is 433 g/mol. The SMILES string of the molecule is CN(CC(=O)N1CCN(Cc2ccccc2)CC1)C(=O)Cc1ccc(Cl)c(Cl)c1. The molecule has 2 aromatic carbocycles. The van der Waals surface area contributed by atoms with Crippen molar-refractivity contribution in [3.63, 3.8) is 0 Å². The highest BCUT2D eigenvalue weighted by atomic mass is 35.5. The van der Waals surface area contributed by atoms with Crippen molar-refractivity contribution in [1.82, 2.24) is 14.7 Å². The van der Waals surface area contributed by atoms with Crippen molar-refractivity contribution in [3.05, 3.63) is 69.7 Å². The number of carbonyl (C=O) groups excluding carboxylic acids is 2. The number of carbonyl (C=O) groups is 2. The Kier molecular flexibility index (Phi) is 7.53. The summed E-state index contributed by atoms with van der Waals surface area (Å²) in [5, 5.41) is 0.877. The lowest BCUT2D eigenvalue weighted by atomic mass is 10.1. The van der Waals surface area contributed by atoms with Crippen LogP contribution in [-0.2, 0) is 22.6 Å². The third kappa shape index (κ3) is 6.20. The van der Waals surface area contributed by atoms with Gasteiger partial charge in [-0.05, 0) is 23.3 Å². The second-order valence-corrected chi connectivity index (χ2v) is 8.13. The Morgan fingerprint density at radius 3 is 2.28 bits per heavy atom. The molecule has 0 aliphatic carbocycles. The van der Waals surface area contributed by atoms with Gasteiger partial charge in [0.15, 0.2) is 0 Å². The molecule has 3 rings (SSSR count). The molecule has 0 radical (unpaired) electrons. The minimum Gasteiger partial charge on any atom is -0.339 e. The number of likely N-dealkylation sites (N-methyl/N-ethyl adjacent to an activating group) is 1. The Bertz CT molecular complexity index is 852. The van der Waals surface area contributed by atoms with Gasteiger partial charge in [0.05, 0.1) is 23.0 Å². The summed E-state index contributed by atoms with van der Waals surface area (Å²) in [6.45, 7) is 4.01. The molecule has 0 unspecified atom stereocenters. The molecule has 29 heavy (non-hydrogen) atoms. The van der Waals surface area contributed by atoms with Crippen LogP contribution in [0.1, 0.15) is 11.1 Å². The van der Waals surface area contributed by atoms with Gasteiger partial charge in [0.2, 0.25) is 11.8 Å². The number of nitrogens with zero attached hydrogens (tertiary/aromatic N) is 3. The molecule has 0 spiro atoms. The van der Waals surface area contributed by atoms with E-state index in [-0.39, 0.29) is 24.8 Å². The smallest absolute Gasteiger partial charge is 0.242 e. The van der Waals surface area contributed by atoms with Crippen LogP contribution in [0.2, 0.25) is 10.0 Å². The number of benzene rings is 2. The number of halogens is 2. The van der Waals surface area contributed by atoms with Crippen LogP contribution in [0, 0.1) is 0 Å². The van der Waals surface area contributed by atoms with Gasteiger partial charge in [-0.2, -0.15) is 0 Å². The molecule has 5 nitrogen and oxygen atoms in total. The summed E-state index contributed by atoms with van der Waals surface area (Å²) in [5.74, 6) is -0.145. The average molecular weight is 434 g/mol. The van der Waals surface area contributed by atoms with Crippen LogP contribution in [0.15, 0.2) is 48.5 Å². The molecule has 2 aromatic rings. The zero-order chi connectivity index (χ0) is 20.8. The number of hydrogen-bond acceptors (Lipinski definition) is 3. The molecule has 0 atom stereocenters. The summed E-state index contributed by atoms with van der Waals surface area (Å²) in [6.07, 6.45) is 0.186. The van der Waals surface area contributed by atoms with Crippen LogP contribution in [-0.4, -0.2) is 66.3 Å². The van der Waals surface area contributed by atoms with Crippen LogP contribution < -0.4 is 0 Å². The largest absolute Gasteiger partial charge is 0.339 e. The first-order chi connectivity index (χ1) is 13.9. The zero-order valence-corrected chi connectivity index (χ0v) is 18.0. The van der Waals surface area contributed by atoms with E-state index in [1.165, 1.54) is 10.5 Å². The summed E-state index contributed by atoms with van der Waals surface area (Å²) < 4.78 is 0. The van der Waals surface area contributed by atoms with E-state index in [0.717, 1.165) is 25.2 Å². The molecule has 1 fully saturated rings. The van der Waals surface area contributed by atoms with E-state index < -0.39 is 0 Å². The zero-order valence-electron chi connectivity index (χ0n) is 16.5. The van der Waals surface area contributed by atoms with Crippen molar-refractivity contribution in [3.8, 4) is 0 Å². The van der Waals surface area contributed by atoms with Crippen LogP contribution in [0.25, 0.3) is 0 Å². The quantitative estimate of drug-likeness (QED) is 0.701. The van der Waals surface area contributed by atoms with E-state index in [0.29, 0.717) is 23.1 Å².